The van der Waals surface area contributed by atoms with E-state index in [9.17, 15) is 4.79 Å². The summed E-state index contributed by atoms with van der Waals surface area (Å²) in [5.74, 6) is 1.86. The summed E-state index contributed by atoms with van der Waals surface area (Å²) in [6, 6.07) is 8.03. The lowest BCUT2D eigenvalue weighted by molar-refractivity contribution is 0.111. The highest BCUT2D eigenvalue weighted by Gasteiger charge is 2.22. The van der Waals surface area contributed by atoms with Crippen molar-refractivity contribution >= 4 is 6.29 Å². The van der Waals surface area contributed by atoms with Crippen LogP contribution in [0.1, 0.15) is 34.8 Å². The Morgan fingerprint density at radius 2 is 1.89 bits per heavy atom. The molecule has 1 heterocycles. The molecule has 0 spiro atoms. The first-order valence-electron chi connectivity index (χ1n) is 5.90. The van der Waals surface area contributed by atoms with E-state index in [1.807, 2.05) is 12.1 Å². The molecule has 1 aromatic carbocycles. The molecular weight excluding hydrogens is 228 g/mol. The first kappa shape index (κ1) is 10.9. The van der Waals surface area contributed by atoms with Crippen molar-refractivity contribution in [1.29, 1.82) is 0 Å². The minimum Gasteiger partial charge on any atom is -0.438 e. The van der Waals surface area contributed by atoms with Gasteiger partial charge in [-0.1, -0.05) is 12.1 Å². The minimum atomic E-state index is 0.298. The smallest absolute Gasteiger partial charge is 0.237 e. The summed E-state index contributed by atoms with van der Waals surface area (Å²) in [6.07, 6.45) is 6.07. The van der Waals surface area contributed by atoms with Crippen LogP contribution in [-0.4, -0.2) is 16.3 Å². The molecule has 1 aromatic heterocycles. The summed E-state index contributed by atoms with van der Waals surface area (Å²) in [5.41, 5.74) is 1.66. The molecule has 0 aliphatic heterocycles. The molecule has 0 radical (unpaired) electrons. The number of rotatable bonds is 4. The molecule has 2 aromatic rings. The maximum Gasteiger partial charge on any atom is 0.237 e. The summed E-state index contributed by atoms with van der Waals surface area (Å²) in [4.78, 5) is 18.3. The van der Waals surface area contributed by atoms with Crippen LogP contribution in [0.5, 0.6) is 11.6 Å². The molecule has 0 atom stereocenters. The Kier molecular flexibility index (Phi) is 2.76. The fraction of sp³-hybridized carbons (Fsp3) is 0.214. The lowest BCUT2D eigenvalue weighted by Gasteiger charge is -2.05. The molecule has 1 saturated carbocycles. The fourth-order valence-corrected chi connectivity index (χ4v) is 1.79. The van der Waals surface area contributed by atoms with Crippen LogP contribution in [0.25, 0.3) is 0 Å². The molecule has 18 heavy (non-hydrogen) atoms. The summed E-state index contributed by atoms with van der Waals surface area (Å²) in [7, 11) is 0. The molecular formula is C14H12N2O2. The number of carbonyl (C=O) groups is 1. The highest BCUT2D eigenvalue weighted by molar-refractivity contribution is 5.70. The van der Waals surface area contributed by atoms with E-state index in [0.717, 1.165) is 11.7 Å². The number of hydrogen-bond donors (Lipinski definition) is 0. The monoisotopic (exact) mass is 240 g/mol. The third-order valence-electron chi connectivity index (χ3n) is 2.92. The molecule has 4 nitrogen and oxygen atoms in total. The molecule has 1 aliphatic rings. The van der Waals surface area contributed by atoms with Gasteiger partial charge >= 0.3 is 0 Å². The van der Waals surface area contributed by atoms with Gasteiger partial charge in [0.25, 0.3) is 0 Å². The van der Waals surface area contributed by atoms with Crippen molar-refractivity contribution in [3.8, 4) is 11.6 Å². The molecule has 0 bridgehead atoms. The SMILES string of the molecule is O=Cc1cnc(Oc2ccc(C3CC3)cc2)cn1. The van der Waals surface area contributed by atoms with Crippen molar-refractivity contribution in [3.05, 3.63) is 47.9 Å². The molecule has 4 heteroatoms. The van der Waals surface area contributed by atoms with E-state index < -0.39 is 0 Å². The third kappa shape index (κ3) is 2.37. The van der Waals surface area contributed by atoms with Crippen molar-refractivity contribution in [1.82, 2.24) is 9.97 Å². The Labute approximate surface area is 105 Å². The predicted molar refractivity (Wildman–Crippen MR) is 65.9 cm³/mol. The van der Waals surface area contributed by atoms with Gasteiger partial charge in [-0.25, -0.2) is 9.97 Å². The largest absolute Gasteiger partial charge is 0.438 e. The number of ether oxygens (including phenoxy) is 1. The molecule has 3 rings (SSSR count). The Balaban J connectivity index is 1.72. The Bertz CT molecular complexity index is 545. The molecule has 1 fully saturated rings. The number of aldehydes is 1. The van der Waals surface area contributed by atoms with Gasteiger partial charge in [0.1, 0.15) is 11.4 Å². The second-order valence-electron chi connectivity index (χ2n) is 4.34. The lowest BCUT2D eigenvalue weighted by atomic mass is 10.1. The van der Waals surface area contributed by atoms with Gasteiger partial charge in [0.2, 0.25) is 5.88 Å². The number of aromatic nitrogens is 2. The van der Waals surface area contributed by atoms with Crippen molar-refractivity contribution in [3.63, 3.8) is 0 Å². The van der Waals surface area contributed by atoms with E-state index in [2.05, 4.69) is 22.1 Å². The van der Waals surface area contributed by atoms with Crippen molar-refractivity contribution in [2.45, 2.75) is 18.8 Å². The summed E-state index contributed by atoms with van der Waals surface area (Å²) >= 11 is 0. The maximum absolute atomic E-state index is 10.4. The number of carbonyl (C=O) groups excluding carboxylic acids is 1. The normalized spacial score (nSPS) is 14.2. The van der Waals surface area contributed by atoms with Crippen LogP contribution < -0.4 is 4.74 Å². The Hall–Kier alpha value is -2.23. The zero-order valence-electron chi connectivity index (χ0n) is 9.74. The highest BCUT2D eigenvalue weighted by Crippen LogP contribution is 2.40. The average molecular weight is 240 g/mol. The molecule has 1 aliphatic carbocycles. The van der Waals surface area contributed by atoms with E-state index in [1.165, 1.54) is 30.8 Å². The minimum absolute atomic E-state index is 0.298. The van der Waals surface area contributed by atoms with Gasteiger partial charge in [-0.2, -0.15) is 0 Å². The summed E-state index contributed by atoms with van der Waals surface area (Å²) in [6.45, 7) is 0. The van der Waals surface area contributed by atoms with Crippen LogP contribution in [0.4, 0.5) is 0 Å². The van der Waals surface area contributed by atoms with E-state index in [-0.39, 0.29) is 0 Å². The van der Waals surface area contributed by atoms with Crippen LogP contribution >= 0.6 is 0 Å². The topological polar surface area (TPSA) is 52.1 Å². The molecule has 0 N–H and O–H groups in total. The lowest BCUT2D eigenvalue weighted by Crippen LogP contribution is -1.92. The molecule has 0 saturated heterocycles. The Morgan fingerprint density at radius 3 is 2.44 bits per heavy atom. The van der Waals surface area contributed by atoms with E-state index in [4.69, 9.17) is 4.74 Å². The second-order valence-corrected chi connectivity index (χ2v) is 4.34. The summed E-state index contributed by atoms with van der Waals surface area (Å²) in [5, 5.41) is 0. The van der Waals surface area contributed by atoms with Gasteiger partial charge in [0.15, 0.2) is 6.29 Å². The first-order valence-corrected chi connectivity index (χ1v) is 5.90. The number of nitrogens with zero attached hydrogens (tertiary/aromatic N) is 2. The quantitative estimate of drug-likeness (QED) is 0.771. The zero-order chi connectivity index (χ0) is 12.4. The molecule has 90 valence electrons. The van der Waals surface area contributed by atoms with Gasteiger partial charge in [0, 0.05) is 0 Å². The first-order chi connectivity index (χ1) is 8.85. The van der Waals surface area contributed by atoms with Crippen molar-refractivity contribution < 1.29 is 9.53 Å². The van der Waals surface area contributed by atoms with Crippen LogP contribution in [0.2, 0.25) is 0 Å². The van der Waals surface area contributed by atoms with Gasteiger partial charge in [-0.05, 0) is 36.5 Å². The molecule has 0 unspecified atom stereocenters. The van der Waals surface area contributed by atoms with Gasteiger partial charge in [-0.15, -0.1) is 0 Å². The van der Waals surface area contributed by atoms with Gasteiger partial charge in [0.05, 0.1) is 12.4 Å². The van der Waals surface area contributed by atoms with E-state index >= 15 is 0 Å². The van der Waals surface area contributed by atoms with Gasteiger partial charge < -0.3 is 4.74 Å². The second kappa shape index (κ2) is 4.56. The van der Waals surface area contributed by atoms with Crippen LogP contribution in [0.3, 0.4) is 0 Å². The van der Waals surface area contributed by atoms with Crippen LogP contribution in [-0.2, 0) is 0 Å². The summed E-state index contributed by atoms with van der Waals surface area (Å²) < 4.78 is 5.54. The standard InChI is InChI=1S/C14H12N2O2/c17-9-12-7-16-14(8-15-12)18-13-5-3-11(4-6-13)10-1-2-10/h3-10H,1-2H2. The average Bonchev–Trinajstić information content (AvgIpc) is 3.25. The van der Waals surface area contributed by atoms with Crippen LogP contribution in [0.15, 0.2) is 36.7 Å². The fourth-order valence-electron chi connectivity index (χ4n) is 1.79. The predicted octanol–water partition coefficient (Wildman–Crippen LogP) is 2.96. The van der Waals surface area contributed by atoms with Crippen molar-refractivity contribution in [2.75, 3.05) is 0 Å². The third-order valence-corrected chi connectivity index (χ3v) is 2.92. The van der Waals surface area contributed by atoms with Crippen molar-refractivity contribution in [2.24, 2.45) is 0 Å². The molecule has 0 amide bonds. The van der Waals surface area contributed by atoms with E-state index in [0.29, 0.717) is 17.9 Å². The van der Waals surface area contributed by atoms with E-state index in [1.54, 1.807) is 0 Å². The van der Waals surface area contributed by atoms with Gasteiger partial charge in [-0.3, -0.25) is 4.79 Å². The number of benzene rings is 1. The zero-order valence-corrected chi connectivity index (χ0v) is 9.74. The Morgan fingerprint density at radius 1 is 1.11 bits per heavy atom. The number of hydrogen-bond acceptors (Lipinski definition) is 4. The maximum atomic E-state index is 10.4. The highest BCUT2D eigenvalue weighted by atomic mass is 16.5. The van der Waals surface area contributed by atoms with Crippen LogP contribution in [0, 0.1) is 0 Å².